The molecule has 0 fully saturated rings. The highest BCUT2D eigenvalue weighted by molar-refractivity contribution is 5.81. The first-order valence-electron chi connectivity index (χ1n) is 5.87. The lowest BCUT2D eigenvalue weighted by Gasteiger charge is -1.98. The third kappa shape index (κ3) is 2.63. The molecule has 88 valence electrons. The summed E-state index contributed by atoms with van der Waals surface area (Å²) in [6.07, 6.45) is 3.72. The summed E-state index contributed by atoms with van der Waals surface area (Å²) in [7, 11) is 1.86. The Morgan fingerprint density at radius 3 is 2.38 bits per heavy atom. The fourth-order valence-electron chi connectivity index (χ4n) is 1.61. The van der Waals surface area contributed by atoms with Gasteiger partial charge in [-0.15, -0.1) is 0 Å². The predicted molar refractivity (Wildman–Crippen MR) is 68.2 cm³/mol. The standard InChI is InChI=1S/C11H12FN.C3H8/c1-3-8-4-5-11-9(6-8)10(12)7-13(11)2;1-3-2/h4-7H,3H2,1-2H3;3H2,1-2H3. The number of rotatable bonds is 1. The summed E-state index contributed by atoms with van der Waals surface area (Å²) in [4.78, 5) is 0. The van der Waals surface area contributed by atoms with Crippen molar-refractivity contribution in [3.63, 3.8) is 0 Å². The lowest BCUT2D eigenvalue weighted by Crippen LogP contribution is -1.84. The van der Waals surface area contributed by atoms with E-state index >= 15 is 0 Å². The van der Waals surface area contributed by atoms with Crippen molar-refractivity contribution in [2.24, 2.45) is 7.05 Å². The minimum Gasteiger partial charge on any atom is -0.348 e. The minimum atomic E-state index is -0.132. The van der Waals surface area contributed by atoms with Gasteiger partial charge in [-0.25, -0.2) is 4.39 Å². The van der Waals surface area contributed by atoms with E-state index in [2.05, 4.69) is 20.8 Å². The second-order valence-corrected chi connectivity index (χ2v) is 4.00. The van der Waals surface area contributed by atoms with Crippen LogP contribution in [0.5, 0.6) is 0 Å². The van der Waals surface area contributed by atoms with Gasteiger partial charge < -0.3 is 4.57 Å². The topological polar surface area (TPSA) is 4.93 Å². The molecule has 1 heterocycles. The maximum Gasteiger partial charge on any atom is 0.148 e. The van der Waals surface area contributed by atoms with Gasteiger partial charge in [-0.05, 0) is 24.1 Å². The molecule has 0 aliphatic carbocycles. The molecule has 0 aliphatic heterocycles. The summed E-state index contributed by atoms with van der Waals surface area (Å²) in [5.41, 5.74) is 2.13. The Hall–Kier alpha value is -1.31. The fourth-order valence-corrected chi connectivity index (χ4v) is 1.61. The van der Waals surface area contributed by atoms with E-state index in [0.29, 0.717) is 0 Å². The summed E-state index contributed by atoms with van der Waals surface area (Å²) in [6, 6.07) is 5.93. The Morgan fingerprint density at radius 2 is 1.81 bits per heavy atom. The van der Waals surface area contributed by atoms with Gasteiger partial charge in [-0.1, -0.05) is 33.3 Å². The van der Waals surface area contributed by atoms with E-state index in [1.807, 2.05) is 29.8 Å². The van der Waals surface area contributed by atoms with E-state index in [4.69, 9.17) is 0 Å². The Bertz CT molecular complexity index is 457. The molecule has 0 saturated heterocycles. The van der Waals surface area contributed by atoms with E-state index < -0.39 is 0 Å². The van der Waals surface area contributed by atoms with E-state index in [9.17, 15) is 4.39 Å². The van der Waals surface area contributed by atoms with Crippen LogP contribution in [-0.2, 0) is 13.5 Å². The minimum absolute atomic E-state index is 0.132. The lowest BCUT2D eigenvalue weighted by molar-refractivity contribution is 0.633. The Kier molecular flexibility index (Phi) is 4.53. The molecule has 0 bridgehead atoms. The molecule has 0 spiro atoms. The number of aromatic nitrogens is 1. The molecule has 2 rings (SSSR count). The molecule has 1 aromatic heterocycles. The first-order valence-corrected chi connectivity index (χ1v) is 5.87. The van der Waals surface area contributed by atoms with Crippen molar-refractivity contribution in [1.82, 2.24) is 4.57 Å². The molecule has 2 heteroatoms. The van der Waals surface area contributed by atoms with Gasteiger partial charge in [0.2, 0.25) is 0 Å². The zero-order valence-corrected chi connectivity index (χ0v) is 10.5. The monoisotopic (exact) mass is 221 g/mol. The largest absolute Gasteiger partial charge is 0.348 e. The van der Waals surface area contributed by atoms with Gasteiger partial charge in [0.05, 0.1) is 5.52 Å². The second-order valence-electron chi connectivity index (χ2n) is 4.00. The van der Waals surface area contributed by atoms with Gasteiger partial charge in [-0.3, -0.25) is 0 Å². The number of hydrogen-bond donors (Lipinski definition) is 0. The average molecular weight is 221 g/mol. The number of halogens is 1. The molecule has 0 aliphatic rings. The van der Waals surface area contributed by atoms with Gasteiger partial charge in [0.15, 0.2) is 0 Å². The van der Waals surface area contributed by atoms with Crippen molar-refractivity contribution in [2.45, 2.75) is 33.6 Å². The molecule has 0 amide bonds. The zero-order chi connectivity index (χ0) is 12.1. The van der Waals surface area contributed by atoms with Crippen LogP contribution in [-0.4, -0.2) is 4.57 Å². The Morgan fingerprint density at radius 1 is 1.19 bits per heavy atom. The van der Waals surface area contributed by atoms with Crippen LogP contribution >= 0.6 is 0 Å². The number of aryl methyl sites for hydroxylation is 2. The van der Waals surface area contributed by atoms with Crippen molar-refractivity contribution in [3.05, 3.63) is 35.8 Å². The SMILES string of the molecule is CCC.CCc1ccc2c(c1)c(F)cn2C. The number of benzene rings is 1. The van der Waals surface area contributed by atoms with Crippen molar-refractivity contribution < 1.29 is 4.39 Å². The van der Waals surface area contributed by atoms with E-state index in [1.165, 1.54) is 18.2 Å². The van der Waals surface area contributed by atoms with Crippen LogP contribution in [0, 0.1) is 5.82 Å². The molecule has 1 aromatic carbocycles. The molecular weight excluding hydrogens is 201 g/mol. The van der Waals surface area contributed by atoms with Gasteiger partial charge in [0.25, 0.3) is 0 Å². The summed E-state index contributed by atoms with van der Waals surface area (Å²) >= 11 is 0. The molecule has 0 radical (unpaired) electrons. The number of fused-ring (bicyclic) bond motifs is 1. The highest BCUT2D eigenvalue weighted by Crippen LogP contribution is 2.20. The summed E-state index contributed by atoms with van der Waals surface area (Å²) < 4.78 is 15.1. The molecule has 0 unspecified atom stereocenters. The molecule has 0 atom stereocenters. The third-order valence-corrected chi connectivity index (χ3v) is 2.41. The van der Waals surface area contributed by atoms with Crippen LogP contribution in [0.2, 0.25) is 0 Å². The van der Waals surface area contributed by atoms with Gasteiger partial charge >= 0.3 is 0 Å². The van der Waals surface area contributed by atoms with Crippen LogP contribution in [0.1, 0.15) is 32.8 Å². The fraction of sp³-hybridized carbons (Fsp3) is 0.429. The van der Waals surface area contributed by atoms with Crippen molar-refractivity contribution >= 4 is 10.9 Å². The van der Waals surface area contributed by atoms with E-state index in [-0.39, 0.29) is 5.82 Å². The molecule has 0 N–H and O–H groups in total. The first kappa shape index (κ1) is 12.8. The number of hydrogen-bond acceptors (Lipinski definition) is 0. The maximum atomic E-state index is 13.3. The first-order chi connectivity index (χ1) is 7.63. The Balaban J connectivity index is 0.000000386. The van der Waals surface area contributed by atoms with Crippen LogP contribution in [0.4, 0.5) is 4.39 Å². The lowest BCUT2D eigenvalue weighted by atomic mass is 10.1. The third-order valence-electron chi connectivity index (χ3n) is 2.41. The quantitative estimate of drug-likeness (QED) is 0.676. The number of nitrogens with zero attached hydrogens (tertiary/aromatic N) is 1. The van der Waals surface area contributed by atoms with Crippen molar-refractivity contribution in [1.29, 1.82) is 0 Å². The smallest absolute Gasteiger partial charge is 0.148 e. The average Bonchev–Trinajstić information content (AvgIpc) is 2.55. The maximum absolute atomic E-state index is 13.3. The van der Waals surface area contributed by atoms with Crippen LogP contribution < -0.4 is 0 Å². The molecule has 16 heavy (non-hydrogen) atoms. The highest BCUT2D eigenvalue weighted by Gasteiger charge is 2.05. The second kappa shape index (κ2) is 5.69. The van der Waals surface area contributed by atoms with Crippen LogP contribution in [0.15, 0.2) is 24.4 Å². The van der Waals surface area contributed by atoms with Crippen LogP contribution in [0.3, 0.4) is 0 Å². The Labute approximate surface area is 96.9 Å². The molecular formula is C14H20FN. The van der Waals surface area contributed by atoms with Crippen LogP contribution in [0.25, 0.3) is 10.9 Å². The highest BCUT2D eigenvalue weighted by atomic mass is 19.1. The molecule has 0 saturated carbocycles. The predicted octanol–water partition coefficient (Wildman–Crippen LogP) is 4.30. The van der Waals surface area contributed by atoms with Gasteiger partial charge in [-0.2, -0.15) is 0 Å². The van der Waals surface area contributed by atoms with Gasteiger partial charge in [0.1, 0.15) is 5.82 Å². The summed E-state index contributed by atoms with van der Waals surface area (Å²) in [5, 5.41) is 0.724. The molecule has 1 nitrogen and oxygen atoms in total. The molecule has 2 aromatic rings. The summed E-state index contributed by atoms with van der Waals surface area (Å²) in [6.45, 7) is 6.32. The van der Waals surface area contributed by atoms with Crippen molar-refractivity contribution in [2.75, 3.05) is 0 Å². The zero-order valence-electron chi connectivity index (χ0n) is 10.5. The normalized spacial score (nSPS) is 10.1. The van der Waals surface area contributed by atoms with E-state index in [0.717, 1.165) is 17.3 Å². The van der Waals surface area contributed by atoms with Gasteiger partial charge in [0, 0.05) is 18.6 Å². The van der Waals surface area contributed by atoms with Crippen molar-refractivity contribution in [3.8, 4) is 0 Å². The van der Waals surface area contributed by atoms with E-state index in [1.54, 1.807) is 0 Å². The summed E-state index contributed by atoms with van der Waals surface area (Å²) in [5.74, 6) is -0.132.